The van der Waals surface area contributed by atoms with E-state index in [4.69, 9.17) is 5.73 Å². The number of rotatable bonds is 3. The molecule has 2 aromatic rings. The summed E-state index contributed by atoms with van der Waals surface area (Å²) in [4.78, 5) is 21.4. The first-order valence-corrected chi connectivity index (χ1v) is 5.00. The number of aromatic nitrogens is 1. The molecule has 0 unspecified atom stereocenters. The average molecular weight is 233 g/mol. The van der Waals surface area contributed by atoms with Gasteiger partial charge < -0.3 is 10.3 Å². The van der Waals surface area contributed by atoms with Crippen molar-refractivity contribution in [3.8, 4) is 0 Å². The normalized spacial score (nSPS) is 10.6. The Morgan fingerprint density at radius 1 is 1.53 bits per heavy atom. The van der Waals surface area contributed by atoms with Gasteiger partial charge >= 0.3 is 0 Å². The Morgan fingerprint density at radius 3 is 2.82 bits per heavy atom. The standard InChI is InChI=1S/C11H11N3O3/c1-13-6-7(5-10(12)15)8-3-2-4-9(11(8)13)14(16)17/h2-4,6H,5H2,1H3,(H2,12,15). The zero-order chi connectivity index (χ0) is 12.6. The second-order valence-corrected chi connectivity index (χ2v) is 3.84. The number of primary amides is 1. The summed E-state index contributed by atoms with van der Waals surface area (Å²) in [6.07, 6.45) is 1.78. The summed E-state index contributed by atoms with van der Waals surface area (Å²) in [6.45, 7) is 0. The van der Waals surface area contributed by atoms with Crippen LogP contribution in [-0.4, -0.2) is 15.4 Å². The van der Waals surface area contributed by atoms with Crippen molar-refractivity contribution < 1.29 is 9.72 Å². The number of non-ortho nitro benzene ring substituents is 1. The minimum atomic E-state index is -0.455. The number of nitro benzene ring substituents is 1. The molecule has 0 spiro atoms. The third kappa shape index (κ3) is 1.84. The molecule has 6 heteroatoms. The second-order valence-electron chi connectivity index (χ2n) is 3.84. The number of carbonyl (C=O) groups is 1. The van der Waals surface area contributed by atoms with Crippen LogP contribution in [0.25, 0.3) is 10.9 Å². The van der Waals surface area contributed by atoms with Crippen LogP contribution in [0.5, 0.6) is 0 Å². The van der Waals surface area contributed by atoms with Crippen LogP contribution in [0.2, 0.25) is 0 Å². The lowest BCUT2D eigenvalue weighted by atomic mass is 10.1. The first kappa shape index (κ1) is 11.1. The fourth-order valence-corrected chi connectivity index (χ4v) is 2.00. The molecule has 0 aliphatic carbocycles. The minimum absolute atomic E-state index is 0.0284. The Morgan fingerprint density at radius 2 is 2.24 bits per heavy atom. The highest BCUT2D eigenvalue weighted by Crippen LogP contribution is 2.29. The third-order valence-electron chi connectivity index (χ3n) is 2.62. The van der Waals surface area contributed by atoms with Gasteiger partial charge in [0.2, 0.25) is 5.91 Å². The average Bonchev–Trinajstić information content (AvgIpc) is 2.55. The molecule has 0 aliphatic heterocycles. The number of fused-ring (bicyclic) bond motifs is 1. The molecule has 1 aromatic heterocycles. The van der Waals surface area contributed by atoms with Gasteiger partial charge in [0, 0.05) is 24.7 Å². The van der Waals surface area contributed by atoms with Gasteiger partial charge in [-0.05, 0) is 5.56 Å². The van der Waals surface area contributed by atoms with Gasteiger partial charge in [-0.15, -0.1) is 0 Å². The molecule has 1 heterocycles. The van der Waals surface area contributed by atoms with Crippen molar-refractivity contribution >= 4 is 22.5 Å². The van der Waals surface area contributed by atoms with Crippen LogP contribution in [0.4, 0.5) is 5.69 Å². The summed E-state index contributed by atoms with van der Waals surface area (Å²) in [5.74, 6) is -0.455. The van der Waals surface area contributed by atoms with E-state index in [2.05, 4.69) is 0 Å². The number of nitro groups is 1. The first-order valence-electron chi connectivity index (χ1n) is 5.00. The topological polar surface area (TPSA) is 91.2 Å². The summed E-state index contributed by atoms with van der Waals surface area (Å²) in [6, 6.07) is 4.79. The van der Waals surface area contributed by atoms with Crippen LogP contribution in [0, 0.1) is 10.1 Å². The van der Waals surface area contributed by atoms with E-state index in [1.54, 1.807) is 29.9 Å². The van der Waals surface area contributed by atoms with Gasteiger partial charge in [-0.25, -0.2) is 0 Å². The minimum Gasteiger partial charge on any atom is -0.369 e. The molecule has 0 aliphatic rings. The molecule has 2 N–H and O–H groups in total. The zero-order valence-corrected chi connectivity index (χ0v) is 9.21. The van der Waals surface area contributed by atoms with E-state index >= 15 is 0 Å². The smallest absolute Gasteiger partial charge is 0.293 e. The highest BCUT2D eigenvalue weighted by atomic mass is 16.6. The SMILES string of the molecule is Cn1cc(CC(N)=O)c2cccc([N+](=O)[O-])c21. The number of nitrogens with two attached hydrogens (primary N) is 1. The summed E-state index contributed by atoms with van der Waals surface area (Å²) < 4.78 is 1.64. The highest BCUT2D eigenvalue weighted by molar-refractivity contribution is 5.94. The Kier molecular flexibility index (Phi) is 2.55. The second kappa shape index (κ2) is 3.89. The lowest BCUT2D eigenvalue weighted by Gasteiger charge is -1.97. The van der Waals surface area contributed by atoms with Gasteiger partial charge in [0.05, 0.1) is 11.3 Å². The number of hydrogen-bond acceptors (Lipinski definition) is 3. The number of hydrogen-bond donors (Lipinski definition) is 1. The summed E-state index contributed by atoms with van der Waals surface area (Å²) in [5.41, 5.74) is 6.38. The van der Waals surface area contributed by atoms with E-state index in [1.807, 2.05) is 0 Å². The molecule has 1 amide bonds. The summed E-state index contributed by atoms with van der Waals surface area (Å²) in [5, 5.41) is 11.6. The van der Waals surface area contributed by atoms with Crippen LogP contribution in [0.1, 0.15) is 5.56 Å². The summed E-state index contributed by atoms with van der Waals surface area (Å²) >= 11 is 0. The fraction of sp³-hybridized carbons (Fsp3) is 0.182. The number of nitrogens with zero attached hydrogens (tertiary/aromatic N) is 2. The van der Waals surface area contributed by atoms with Crippen molar-refractivity contribution in [2.24, 2.45) is 12.8 Å². The van der Waals surface area contributed by atoms with Crippen molar-refractivity contribution in [3.05, 3.63) is 40.1 Å². The number of amides is 1. The predicted molar refractivity (Wildman–Crippen MR) is 62.5 cm³/mol. The lowest BCUT2D eigenvalue weighted by molar-refractivity contribution is -0.383. The highest BCUT2D eigenvalue weighted by Gasteiger charge is 2.17. The van der Waals surface area contributed by atoms with E-state index in [1.165, 1.54) is 6.07 Å². The number of para-hydroxylation sites is 1. The van der Waals surface area contributed by atoms with Crippen molar-refractivity contribution in [1.29, 1.82) is 0 Å². The van der Waals surface area contributed by atoms with Gasteiger partial charge in [-0.1, -0.05) is 12.1 Å². The maximum Gasteiger partial charge on any atom is 0.293 e. The molecule has 0 atom stereocenters. The molecule has 0 fully saturated rings. The molecule has 2 rings (SSSR count). The first-order chi connectivity index (χ1) is 8.00. The van der Waals surface area contributed by atoms with Crippen LogP contribution in [-0.2, 0) is 18.3 Å². The Balaban J connectivity index is 2.72. The van der Waals surface area contributed by atoms with E-state index in [0.717, 1.165) is 0 Å². The zero-order valence-electron chi connectivity index (χ0n) is 9.21. The van der Waals surface area contributed by atoms with Gasteiger partial charge in [0.1, 0.15) is 5.52 Å². The van der Waals surface area contributed by atoms with Crippen LogP contribution < -0.4 is 5.73 Å². The Labute approximate surface area is 96.8 Å². The van der Waals surface area contributed by atoms with Crippen LogP contribution >= 0.6 is 0 Å². The van der Waals surface area contributed by atoms with Crippen molar-refractivity contribution in [3.63, 3.8) is 0 Å². The molecule has 6 nitrogen and oxygen atoms in total. The molecule has 0 radical (unpaired) electrons. The molecule has 0 bridgehead atoms. The largest absolute Gasteiger partial charge is 0.369 e. The number of benzene rings is 1. The number of aryl methyl sites for hydroxylation is 1. The van der Waals surface area contributed by atoms with Crippen molar-refractivity contribution in [2.75, 3.05) is 0 Å². The Hall–Kier alpha value is -2.37. The summed E-state index contributed by atoms with van der Waals surface area (Å²) in [7, 11) is 1.71. The molecular formula is C11H11N3O3. The van der Waals surface area contributed by atoms with E-state index in [-0.39, 0.29) is 12.1 Å². The quantitative estimate of drug-likeness (QED) is 0.636. The molecule has 0 saturated carbocycles. The van der Waals surface area contributed by atoms with E-state index in [0.29, 0.717) is 16.5 Å². The van der Waals surface area contributed by atoms with Gasteiger partial charge in [-0.2, -0.15) is 0 Å². The molecule has 0 saturated heterocycles. The maximum atomic E-state index is 10.9. The monoisotopic (exact) mass is 233 g/mol. The van der Waals surface area contributed by atoms with Crippen molar-refractivity contribution in [2.45, 2.75) is 6.42 Å². The molecule has 17 heavy (non-hydrogen) atoms. The third-order valence-corrected chi connectivity index (χ3v) is 2.62. The maximum absolute atomic E-state index is 10.9. The van der Waals surface area contributed by atoms with Gasteiger partial charge in [0.15, 0.2) is 0 Å². The van der Waals surface area contributed by atoms with Gasteiger partial charge in [0.25, 0.3) is 5.69 Å². The molecular weight excluding hydrogens is 222 g/mol. The van der Waals surface area contributed by atoms with Crippen molar-refractivity contribution in [1.82, 2.24) is 4.57 Å². The van der Waals surface area contributed by atoms with E-state index < -0.39 is 10.8 Å². The lowest BCUT2D eigenvalue weighted by Crippen LogP contribution is -2.13. The fourth-order valence-electron chi connectivity index (χ4n) is 2.00. The Bertz CT molecular complexity index is 616. The molecule has 1 aromatic carbocycles. The predicted octanol–water partition coefficient (Wildman–Crippen LogP) is 1.11. The van der Waals surface area contributed by atoms with Gasteiger partial charge in [-0.3, -0.25) is 14.9 Å². The number of carbonyl (C=O) groups excluding carboxylic acids is 1. The van der Waals surface area contributed by atoms with E-state index in [9.17, 15) is 14.9 Å². The molecule has 88 valence electrons. The van der Waals surface area contributed by atoms with Crippen LogP contribution in [0.3, 0.4) is 0 Å². The van der Waals surface area contributed by atoms with Crippen LogP contribution in [0.15, 0.2) is 24.4 Å².